The Kier molecular flexibility index (Phi) is 5.14. The Balaban J connectivity index is 1.91. The zero-order chi connectivity index (χ0) is 13.7. The van der Waals surface area contributed by atoms with Crippen LogP contribution in [0.2, 0.25) is 0 Å². The van der Waals surface area contributed by atoms with Crippen molar-refractivity contribution in [2.45, 2.75) is 31.4 Å². The average molecular weight is 278 g/mol. The Bertz CT molecular complexity index is 442. The van der Waals surface area contributed by atoms with Crippen LogP contribution < -0.4 is 10.5 Å². The largest absolute Gasteiger partial charge is 0.496 e. The minimum Gasteiger partial charge on any atom is -0.496 e. The predicted octanol–water partition coefficient (Wildman–Crippen LogP) is 3.40. The maximum absolute atomic E-state index is 7.49. The van der Waals surface area contributed by atoms with Gasteiger partial charge in [-0.2, -0.15) is 11.8 Å². The minimum absolute atomic E-state index is 0.0574. The third-order valence-corrected chi connectivity index (χ3v) is 4.90. The van der Waals surface area contributed by atoms with E-state index >= 15 is 0 Å². The summed E-state index contributed by atoms with van der Waals surface area (Å²) in [7, 11) is 1.62. The molecule has 1 aliphatic carbocycles. The standard InChI is InChI=1S/C15H22N2OS/c1-18-14-8-12(6-7-13(14)15(16)17)10-19-9-11-4-2-3-5-11/h6-8,11H,2-5,9-10H2,1H3,(H3,16,17). The van der Waals surface area contributed by atoms with Crippen LogP contribution in [0.15, 0.2) is 18.2 Å². The number of thioether (sulfide) groups is 1. The molecular formula is C15H22N2OS. The second kappa shape index (κ2) is 6.85. The highest BCUT2D eigenvalue weighted by Crippen LogP contribution is 2.30. The second-order valence-corrected chi connectivity index (χ2v) is 6.14. The van der Waals surface area contributed by atoms with Crippen molar-refractivity contribution in [3.05, 3.63) is 29.3 Å². The van der Waals surface area contributed by atoms with Crippen LogP contribution in [-0.2, 0) is 5.75 Å². The highest BCUT2D eigenvalue weighted by Gasteiger charge is 2.14. The van der Waals surface area contributed by atoms with E-state index in [2.05, 4.69) is 0 Å². The van der Waals surface area contributed by atoms with Crippen LogP contribution in [0.25, 0.3) is 0 Å². The molecule has 3 N–H and O–H groups in total. The lowest BCUT2D eigenvalue weighted by Gasteiger charge is -2.11. The van der Waals surface area contributed by atoms with Crippen LogP contribution in [-0.4, -0.2) is 18.7 Å². The molecule has 1 aliphatic rings. The van der Waals surface area contributed by atoms with Gasteiger partial charge in [0, 0.05) is 5.75 Å². The van der Waals surface area contributed by atoms with Crippen LogP contribution in [0.4, 0.5) is 0 Å². The minimum atomic E-state index is 0.0574. The summed E-state index contributed by atoms with van der Waals surface area (Å²) in [4.78, 5) is 0. The zero-order valence-corrected chi connectivity index (χ0v) is 12.3. The van der Waals surface area contributed by atoms with E-state index in [1.807, 2.05) is 30.0 Å². The first kappa shape index (κ1) is 14.3. The fraction of sp³-hybridized carbons (Fsp3) is 0.533. The van der Waals surface area contributed by atoms with Gasteiger partial charge in [-0.3, -0.25) is 5.41 Å². The van der Waals surface area contributed by atoms with Crippen LogP contribution in [0.5, 0.6) is 5.75 Å². The van der Waals surface area contributed by atoms with Gasteiger partial charge in [0.2, 0.25) is 0 Å². The highest BCUT2D eigenvalue weighted by atomic mass is 32.2. The Hall–Kier alpha value is -1.16. The lowest BCUT2D eigenvalue weighted by atomic mass is 10.1. The molecule has 0 unspecified atom stereocenters. The molecule has 2 rings (SSSR count). The lowest BCUT2D eigenvalue weighted by molar-refractivity contribution is 0.413. The van der Waals surface area contributed by atoms with E-state index in [1.54, 1.807) is 7.11 Å². The van der Waals surface area contributed by atoms with Gasteiger partial charge in [0.05, 0.1) is 12.7 Å². The number of nitrogens with one attached hydrogen (secondary N) is 1. The normalized spacial score (nSPS) is 15.6. The molecule has 1 fully saturated rings. The molecule has 3 nitrogen and oxygen atoms in total. The molecule has 0 spiro atoms. The van der Waals surface area contributed by atoms with Crippen LogP contribution in [0, 0.1) is 11.3 Å². The van der Waals surface area contributed by atoms with E-state index in [0.29, 0.717) is 11.3 Å². The van der Waals surface area contributed by atoms with Crippen molar-refractivity contribution >= 4 is 17.6 Å². The van der Waals surface area contributed by atoms with Gasteiger partial charge in [-0.1, -0.05) is 18.9 Å². The van der Waals surface area contributed by atoms with Gasteiger partial charge in [0.15, 0.2) is 0 Å². The molecule has 1 aromatic rings. The molecule has 0 atom stereocenters. The maximum Gasteiger partial charge on any atom is 0.130 e. The predicted molar refractivity (Wildman–Crippen MR) is 82.1 cm³/mol. The summed E-state index contributed by atoms with van der Waals surface area (Å²) in [6.45, 7) is 0. The van der Waals surface area contributed by atoms with Gasteiger partial charge in [-0.05, 0) is 42.2 Å². The number of benzene rings is 1. The maximum atomic E-state index is 7.49. The third kappa shape index (κ3) is 3.90. The fourth-order valence-electron chi connectivity index (χ4n) is 2.57. The molecule has 0 bridgehead atoms. The molecule has 104 valence electrons. The molecule has 0 aliphatic heterocycles. The van der Waals surface area contributed by atoms with E-state index in [1.165, 1.54) is 37.0 Å². The highest BCUT2D eigenvalue weighted by molar-refractivity contribution is 7.98. The van der Waals surface area contributed by atoms with Crippen molar-refractivity contribution in [3.63, 3.8) is 0 Å². The van der Waals surface area contributed by atoms with Crippen molar-refractivity contribution in [2.24, 2.45) is 11.7 Å². The summed E-state index contributed by atoms with van der Waals surface area (Å²) >= 11 is 2.00. The lowest BCUT2D eigenvalue weighted by Crippen LogP contribution is -2.12. The first-order chi connectivity index (χ1) is 9.20. The first-order valence-electron chi connectivity index (χ1n) is 6.79. The molecular weight excluding hydrogens is 256 g/mol. The van der Waals surface area contributed by atoms with Gasteiger partial charge >= 0.3 is 0 Å². The fourth-order valence-corrected chi connectivity index (χ4v) is 3.77. The molecule has 0 radical (unpaired) electrons. The number of nitrogen functional groups attached to an aromatic ring is 1. The Morgan fingerprint density at radius 1 is 1.42 bits per heavy atom. The number of hydrogen-bond acceptors (Lipinski definition) is 3. The summed E-state index contributed by atoms with van der Waals surface area (Å²) in [6, 6.07) is 5.92. The van der Waals surface area contributed by atoms with Crippen LogP contribution in [0.3, 0.4) is 0 Å². The molecule has 4 heteroatoms. The number of ether oxygens (including phenoxy) is 1. The zero-order valence-electron chi connectivity index (χ0n) is 11.4. The van der Waals surface area contributed by atoms with Crippen molar-refractivity contribution in [1.82, 2.24) is 0 Å². The van der Waals surface area contributed by atoms with Crippen molar-refractivity contribution in [3.8, 4) is 5.75 Å². The summed E-state index contributed by atoms with van der Waals surface area (Å²) in [5.41, 5.74) is 7.43. The van der Waals surface area contributed by atoms with Crippen molar-refractivity contribution in [2.75, 3.05) is 12.9 Å². The molecule has 1 saturated carbocycles. The molecule has 0 aromatic heterocycles. The number of rotatable bonds is 6. The molecule has 0 amide bonds. The number of amidine groups is 1. The molecule has 0 saturated heterocycles. The van der Waals surface area contributed by atoms with Crippen LogP contribution in [0.1, 0.15) is 36.8 Å². The van der Waals surface area contributed by atoms with Gasteiger partial charge in [-0.15, -0.1) is 0 Å². The molecule has 19 heavy (non-hydrogen) atoms. The number of hydrogen-bond donors (Lipinski definition) is 2. The molecule has 0 heterocycles. The smallest absolute Gasteiger partial charge is 0.130 e. The monoisotopic (exact) mass is 278 g/mol. The second-order valence-electron chi connectivity index (χ2n) is 5.11. The van der Waals surface area contributed by atoms with Gasteiger partial charge in [-0.25, -0.2) is 0 Å². The van der Waals surface area contributed by atoms with Gasteiger partial charge in [0.1, 0.15) is 11.6 Å². The van der Waals surface area contributed by atoms with Crippen molar-refractivity contribution < 1.29 is 4.74 Å². The summed E-state index contributed by atoms with van der Waals surface area (Å²) in [6.07, 6.45) is 5.62. The quantitative estimate of drug-likeness (QED) is 0.619. The Morgan fingerprint density at radius 3 is 2.79 bits per heavy atom. The van der Waals surface area contributed by atoms with Gasteiger partial charge < -0.3 is 10.5 Å². The Labute approximate surface area is 119 Å². The van der Waals surface area contributed by atoms with Crippen molar-refractivity contribution in [1.29, 1.82) is 5.41 Å². The average Bonchev–Trinajstić information content (AvgIpc) is 2.91. The number of methoxy groups -OCH3 is 1. The van der Waals surface area contributed by atoms with E-state index in [4.69, 9.17) is 15.9 Å². The van der Waals surface area contributed by atoms with Gasteiger partial charge in [0.25, 0.3) is 0 Å². The summed E-state index contributed by atoms with van der Waals surface area (Å²) in [5.74, 6) is 3.94. The molecule has 1 aromatic carbocycles. The van der Waals surface area contributed by atoms with E-state index in [0.717, 1.165) is 11.7 Å². The topological polar surface area (TPSA) is 59.1 Å². The summed E-state index contributed by atoms with van der Waals surface area (Å²) in [5, 5.41) is 7.49. The first-order valence-corrected chi connectivity index (χ1v) is 7.95. The third-order valence-electron chi connectivity index (χ3n) is 3.65. The van der Waals surface area contributed by atoms with E-state index in [9.17, 15) is 0 Å². The number of nitrogens with two attached hydrogens (primary N) is 1. The van der Waals surface area contributed by atoms with E-state index < -0.39 is 0 Å². The SMILES string of the molecule is COc1cc(CSCC2CCCC2)ccc1C(=N)N. The van der Waals surface area contributed by atoms with Crippen LogP contribution >= 0.6 is 11.8 Å². The van der Waals surface area contributed by atoms with E-state index in [-0.39, 0.29) is 5.84 Å². The summed E-state index contributed by atoms with van der Waals surface area (Å²) < 4.78 is 5.30. The Morgan fingerprint density at radius 2 is 2.16 bits per heavy atom.